The zero-order valence-electron chi connectivity index (χ0n) is 15.6. The zero-order valence-corrected chi connectivity index (χ0v) is 15.6. The molecule has 26 heavy (non-hydrogen) atoms. The summed E-state index contributed by atoms with van der Waals surface area (Å²) in [6, 6.07) is 8.31. The number of hydrogen-bond donors (Lipinski definition) is 0. The molecule has 5 nitrogen and oxygen atoms in total. The van der Waals surface area contributed by atoms with E-state index in [2.05, 4.69) is 18.2 Å². The van der Waals surface area contributed by atoms with Crippen LogP contribution in [-0.4, -0.2) is 53.4 Å². The summed E-state index contributed by atoms with van der Waals surface area (Å²) in [6.45, 7) is 4.60. The van der Waals surface area contributed by atoms with E-state index < -0.39 is 0 Å². The molecule has 0 saturated carbocycles. The molecule has 1 aromatic carbocycles. The number of piperidine rings is 2. The Kier molecular flexibility index (Phi) is 4.63. The fourth-order valence-electron chi connectivity index (χ4n) is 4.64. The summed E-state index contributed by atoms with van der Waals surface area (Å²) in [5, 5.41) is 0. The first kappa shape index (κ1) is 17.4. The number of para-hydroxylation sites is 1. The number of hydrogen-bond acceptors (Lipinski definition) is 3. The van der Waals surface area contributed by atoms with Gasteiger partial charge in [0.2, 0.25) is 11.8 Å². The summed E-state index contributed by atoms with van der Waals surface area (Å²) in [7, 11) is 0. The van der Waals surface area contributed by atoms with Crippen molar-refractivity contribution in [3.05, 3.63) is 29.8 Å². The van der Waals surface area contributed by atoms with Gasteiger partial charge in [-0.3, -0.25) is 9.59 Å². The van der Waals surface area contributed by atoms with Crippen LogP contribution in [0.25, 0.3) is 0 Å². The molecule has 0 aromatic heterocycles. The van der Waals surface area contributed by atoms with Gasteiger partial charge in [-0.25, -0.2) is 0 Å². The third-order valence-corrected chi connectivity index (χ3v) is 6.42. The van der Waals surface area contributed by atoms with Gasteiger partial charge in [0.25, 0.3) is 0 Å². The van der Waals surface area contributed by atoms with Gasteiger partial charge in [0, 0.05) is 51.9 Å². The van der Waals surface area contributed by atoms with E-state index in [0.717, 1.165) is 57.4 Å². The van der Waals surface area contributed by atoms with Gasteiger partial charge in [-0.15, -0.1) is 0 Å². The van der Waals surface area contributed by atoms with Gasteiger partial charge in [-0.05, 0) is 37.3 Å². The molecule has 0 atom stereocenters. The van der Waals surface area contributed by atoms with Crippen LogP contribution in [0.4, 0.5) is 0 Å². The predicted octanol–water partition coefficient (Wildman–Crippen LogP) is 2.63. The number of carbonyl (C=O) groups is 2. The van der Waals surface area contributed by atoms with Gasteiger partial charge in [0.05, 0.1) is 0 Å². The van der Waals surface area contributed by atoms with E-state index in [1.54, 1.807) is 6.92 Å². The molecule has 5 heteroatoms. The minimum atomic E-state index is -0.0941. The van der Waals surface area contributed by atoms with Crippen LogP contribution >= 0.6 is 0 Å². The molecule has 0 aliphatic carbocycles. The minimum Gasteiger partial charge on any atom is -0.487 e. The number of benzene rings is 1. The first-order valence-electron chi connectivity index (χ1n) is 9.88. The predicted molar refractivity (Wildman–Crippen MR) is 98.9 cm³/mol. The van der Waals surface area contributed by atoms with Crippen LogP contribution in [0.1, 0.15) is 44.6 Å². The second kappa shape index (κ2) is 6.93. The Labute approximate surface area is 155 Å². The molecule has 3 aliphatic heterocycles. The van der Waals surface area contributed by atoms with Crippen LogP contribution in [0.2, 0.25) is 0 Å². The lowest BCUT2D eigenvalue weighted by Crippen LogP contribution is -2.53. The van der Waals surface area contributed by atoms with Crippen molar-refractivity contribution >= 4 is 11.8 Å². The molecule has 0 bridgehead atoms. The fourth-order valence-corrected chi connectivity index (χ4v) is 4.64. The van der Waals surface area contributed by atoms with E-state index >= 15 is 0 Å². The largest absolute Gasteiger partial charge is 0.487 e. The first-order valence-corrected chi connectivity index (χ1v) is 9.88. The van der Waals surface area contributed by atoms with Gasteiger partial charge in [0.15, 0.2) is 0 Å². The molecule has 0 N–H and O–H groups in total. The third-order valence-electron chi connectivity index (χ3n) is 6.42. The average Bonchev–Trinajstić information content (AvgIpc) is 2.68. The van der Waals surface area contributed by atoms with Crippen molar-refractivity contribution in [3.8, 4) is 5.75 Å². The summed E-state index contributed by atoms with van der Waals surface area (Å²) < 4.78 is 6.39. The summed E-state index contributed by atoms with van der Waals surface area (Å²) in [5.74, 6) is 1.49. The van der Waals surface area contributed by atoms with Gasteiger partial charge < -0.3 is 14.5 Å². The Morgan fingerprint density at radius 2 is 1.69 bits per heavy atom. The van der Waals surface area contributed by atoms with E-state index in [1.807, 2.05) is 15.9 Å². The number of amides is 2. The molecule has 2 amide bonds. The SMILES string of the molecule is CC(=O)N1CCC(C(=O)N2CCC3(CCc4ccccc4O3)CC2)CC1. The van der Waals surface area contributed by atoms with Crippen molar-refractivity contribution in [2.45, 2.75) is 51.0 Å². The van der Waals surface area contributed by atoms with Gasteiger partial charge in [-0.2, -0.15) is 0 Å². The summed E-state index contributed by atoms with van der Waals surface area (Å²) in [5.41, 5.74) is 1.21. The van der Waals surface area contributed by atoms with E-state index in [4.69, 9.17) is 4.74 Å². The van der Waals surface area contributed by atoms with Crippen LogP contribution in [0, 0.1) is 5.92 Å². The number of rotatable bonds is 1. The van der Waals surface area contributed by atoms with E-state index in [9.17, 15) is 9.59 Å². The lowest BCUT2D eigenvalue weighted by Gasteiger charge is -2.45. The number of aryl methyl sites for hydroxylation is 1. The quantitative estimate of drug-likeness (QED) is 0.777. The first-order chi connectivity index (χ1) is 12.6. The van der Waals surface area contributed by atoms with Gasteiger partial charge in [-0.1, -0.05) is 18.2 Å². The van der Waals surface area contributed by atoms with Gasteiger partial charge >= 0.3 is 0 Å². The van der Waals surface area contributed by atoms with Crippen LogP contribution in [0.5, 0.6) is 5.75 Å². The average molecular weight is 356 g/mol. The number of ether oxygens (including phenoxy) is 1. The van der Waals surface area contributed by atoms with Crippen molar-refractivity contribution < 1.29 is 14.3 Å². The topological polar surface area (TPSA) is 49.9 Å². The van der Waals surface area contributed by atoms with Crippen molar-refractivity contribution in [2.75, 3.05) is 26.2 Å². The second-order valence-electron chi connectivity index (χ2n) is 8.00. The molecule has 0 unspecified atom stereocenters. The molecule has 2 fully saturated rings. The highest BCUT2D eigenvalue weighted by molar-refractivity contribution is 5.80. The highest BCUT2D eigenvalue weighted by Crippen LogP contribution is 2.39. The smallest absolute Gasteiger partial charge is 0.225 e. The maximum atomic E-state index is 12.9. The van der Waals surface area contributed by atoms with Crippen molar-refractivity contribution in [1.29, 1.82) is 0 Å². The summed E-state index contributed by atoms with van der Waals surface area (Å²) >= 11 is 0. The normalized spacial score (nSPS) is 22.7. The molecule has 2 saturated heterocycles. The molecule has 0 radical (unpaired) electrons. The maximum Gasteiger partial charge on any atom is 0.225 e. The Morgan fingerprint density at radius 3 is 2.38 bits per heavy atom. The monoisotopic (exact) mass is 356 g/mol. The zero-order chi connectivity index (χ0) is 18.1. The Balaban J connectivity index is 1.33. The molecule has 3 aliphatic rings. The van der Waals surface area contributed by atoms with Crippen molar-refractivity contribution in [2.24, 2.45) is 5.92 Å². The van der Waals surface area contributed by atoms with Crippen LogP contribution < -0.4 is 4.74 Å². The number of likely N-dealkylation sites (tertiary alicyclic amines) is 2. The lowest BCUT2D eigenvalue weighted by atomic mass is 9.82. The van der Waals surface area contributed by atoms with E-state index in [1.165, 1.54) is 5.56 Å². The van der Waals surface area contributed by atoms with Gasteiger partial charge in [0.1, 0.15) is 11.4 Å². The fraction of sp³-hybridized carbons (Fsp3) is 0.619. The molecule has 4 rings (SSSR count). The molecular weight excluding hydrogens is 328 g/mol. The Hall–Kier alpha value is -2.04. The van der Waals surface area contributed by atoms with E-state index in [0.29, 0.717) is 13.1 Å². The lowest BCUT2D eigenvalue weighted by molar-refractivity contribution is -0.143. The molecule has 3 heterocycles. The number of nitrogens with zero attached hydrogens (tertiary/aromatic N) is 2. The minimum absolute atomic E-state index is 0.0765. The number of carbonyl (C=O) groups excluding carboxylic acids is 2. The van der Waals surface area contributed by atoms with Crippen LogP contribution in [-0.2, 0) is 16.0 Å². The van der Waals surface area contributed by atoms with Crippen LogP contribution in [0.15, 0.2) is 24.3 Å². The molecule has 1 aromatic rings. The molecule has 1 spiro atoms. The number of fused-ring (bicyclic) bond motifs is 1. The molecular formula is C21H28N2O3. The summed E-state index contributed by atoms with van der Waals surface area (Å²) in [4.78, 5) is 28.2. The highest BCUT2D eigenvalue weighted by Gasteiger charge is 2.41. The standard InChI is InChI=1S/C21H28N2O3/c1-16(24)22-12-7-18(8-13-22)20(25)23-14-10-21(11-15-23)9-6-17-4-2-3-5-19(17)26-21/h2-5,18H,6-15H2,1H3. The highest BCUT2D eigenvalue weighted by atomic mass is 16.5. The Bertz CT molecular complexity index is 686. The molecule has 140 valence electrons. The van der Waals surface area contributed by atoms with E-state index in [-0.39, 0.29) is 23.3 Å². The summed E-state index contributed by atoms with van der Waals surface area (Å²) in [6.07, 6.45) is 5.53. The Morgan fingerprint density at radius 1 is 1.00 bits per heavy atom. The van der Waals surface area contributed by atoms with Crippen molar-refractivity contribution in [3.63, 3.8) is 0 Å². The van der Waals surface area contributed by atoms with Crippen molar-refractivity contribution in [1.82, 2.24) is 9.80 Å². The maximum absolute atomic E-state index is 12.9. The second-order valence-corrected chi connectivity index (χ2v) is 8.00. The van der Waals surface area contributed by atoms with Crippen LogP contribution in [0.3, 0.4) is 0 Å². The third kappa shape index (κ3) is 3.31.